The standard InChI is InChI=1S/C25H26ClN3O3S/c1-2-13-29-23(15-27-25(29)33(31,32)18-20-7-4-3-5-8-20)17-28(16-19-11-12-19)24(30)21-9-6-10-22(26)14-21/h2-10,14-15,19H,1,11-13,16-18H2. The van der Waals surface area contributed by atoms with E-state index in [4.69, 9.17) is 11.6 Å². The van der Waals surface area contributed by atoms with E-state index < -0.39 is 9.84 Å². The number of carbonyl (C=O) groups excluding carboxylic acids is 1. The minimum absolute atomic E-state index is 0.0113. The lowest BCUT2D eigenvalue weighted by molar-refractivity contribution is 0.0731. The zero-order chi connectivity index (χ0) is 23.4. The minimum atomic E-state index is -3.69. The Balaban J connectivity index is 1.63. The molecule has 2 aromatic carbocycles. The predicted molar refractivity (Wildman–Crippen MR) is 129 cm³/mol. The second-order valence-electron chi connectivity index (χ2n) is 8.32. The molecule has 1 amide bonds. The van der Waals surface area contributed by atoms with Crippen LogP contribution in [0.1, 0.15) is 34.5 Å². The zero-order valence-electron chi connectivity index (χ0n) is 18.2. The maximum absolute atomic E-state index is 13.3. The van der Waals surface area contributed by atoms with Crippen molar-refractivity contribution in [2.45, 2.75) is 36.8 Å². The van der Waals surface area contributed by atoms with E-state index in [2.05, 4.69) is 11.6 Å². The van der Waals surface area contributed by atoms with Crippen molar-refractivity contribution in [2.75, 3.05) is 6.54 Å². The summed E-state index contributed by atoms with van der Waals surface area (Å²) >= 11 is 6.10. The smallest absolute Gasteiger partial charge is 0.254 e. The van der Waals surface area contributed by atoms with Crippen LogP contribution >= 0.6 is 11.6 Å². The van der Waals surface area contributed by atoms with Gasteiger partial charge in [-0.05, 0) is 42.5 Å². The van der Waals surface area contributed by atoms with Gasteiger partial charge < -0.3 is 9.47 Å². The van der Waals surface area contributed by atoms with E-state index in [0.717, 1.165) is 12.8 Å². The number of rotatable bonds is 10. The molecule has 0 unspecified atom stereocenters. The van der Waals surface area contributed by atoms with Gasteiger partial charge in [0.1, 0.15) is 0 Å². The summed E-state index contributed by atoms with van der Waals surface area (Å²) in [5.41, 5.74) is 1.85. The first kappa shape index (κ1) is 23.3. The van der Waals surface area contributed by atoms with Crippen LogP contribution in [-0.4, -0.2) is 35.3 Å². The average molecular weight is 484 g/mol. The van der Waals surface area contributed by atoms with Gasteiger partial charge in [-0.2, -0.15) is 0 Å². The Kier molecular flexibility index (Phi) is 7.00. The molecule has 1 heterocycles. The molecule has 0 radical (unpaired) electrons. The quantitative estimate of drug-likeness (QED) is 0.390. The third-order valence-electron chi connectivity index (χ3n) is 5.58. The number of nitrogens with zero attached hydrogens (tertiary/aromatic N) is 3. The number of aromatic nitrogens is 2. The number of imidazole rings is 1. The molecule has 0 saturated heterocycles. The van der Waals surface area contributed by atoms with Gasteiger partial charge in [0, 0.05) is 23.7 Å². The Bertz CT molecular complexity index is 1250. The molecule has 4 rings (SSSR count). The summed E-state index contributed by atoms with van der Waals surface area (Å²) in [5, 5.41) is 0.487. The van der Waals surface area contributed by atoms with E-state index in [1.807, 2.05) is 18.2 Å². The van der Waals surface area contributed by atoms with Crippen LogP contribution in [0.15, 0.2) is 78.6 Å². The molecule has 1 aromatic heterocycles. The van der Waals surface area contributed by atoms with Crippen molar-refractivity contribution in [1.82, 2.24) is 14.5 Å². The third-order valence-corrected chi connectivity index (χ3v) is 7.41. The minimum Gasteiger partial charge on any atom is -0.332 e. The Morgan fingerprint density at radius 1 is 1.18 bits per heavy atom. The summed E-state index contributed by atoms with van der Waals surface area (Å²) in [6.07, 6.45) is 5.35. The number of benzene rings is 2. The summed E-state index contributed by atoms with van der Waals surface area (Å²) < 4.78 is 28.0. The SMILES string of the molecule is C=CCn1c(CN(CC2CC2)C(=O)c2cccc(Cl)c2)cnc1S(=O)(=O)Cc1ccccc1. The first-order valence-corrected chi connectivity index (χ1v) is 12.9. The van der Waals surface area contributed by atoms with Gasteiger partial charge >= 0.3 is 0 Å². The van der Waals surface area contributed by atoms with Crippen LogP contribution in [0.5, 0.6) is 0 Å². The molecule has 1 fully saturated rings. The van der Waals surface area contributed by atoms with E-state index in [-0.39, 0.29) is 29.9 Å². The lowest BCUT2D eigenvalue weighted by atomic mass is 10.2. The fraction of sp³-hybridized carbons (Fsp3) is 0.280. The van der Waals surface area contributed by atoms with E-state index in [1.165, 1.54) is 0 Å². The monoisotopic (exact) mass is 483 g/mol. The highest BCUT2D eigenvalue weighted by atomic mass is 35.5. The number of hydrogen-bond donors (Lipinski definition) is 0. The molecule has 33 heavy (non-hydrogen) atoms. The number of sulfone groups is 1. The molecule has 0 aliphatic heterocycles. The second-order valence-corrected chi connectivity index (χ2v) is 10.6. The fourth-order valence-electron chi connectivity index (χ4n) is 3.78. The molecule has 0 atom stereocenters. The van der Waals surface area contributed by atoms with Gasteiger partial charge in [-0.1, -0.05) is 54.1 Å². The van der Waals surface area contributed by atoms with Gasteiger partial charge in [0.2, 0.25) is 15.0 Å². The van der Waals surface area contributed by atoms with Crippen molar-refractivity contribution in [3.8, 4) is 0 Å². The van der Waals surface area contributed by atoms with Gasteiger partial charge in [0.25, 0.3) is 5.91 Å². The van der Waals surface area contributed by atoms with Gasteiger partial charge in [0.05, 0.1) is 24.2 Å². The Morgan fingerprint density at radius 2 is 1.94 bits per heavy atom. The highest BCUT2D eigenvalue weighted by Gasteiger charge is 2.30. The summed E-state index contributed by atoms with van der Waals surface area (Å²) in [5.74, 6) is 0.184. The highest BCUT2D eigenvalue weighted by Crippen LogP contribution is 2.31. The Morgan fingerprint density at radius 3 is 2.61 bits per heavy atom. The van der Waals surface area contributed by atoms with Gasteiger partial charge in [-0.3, -0.25) is 4.79 Å². The summed E-state index contributed by atoms with van der Waals surface area (Å²) in [7, 11) is -3.69. The second kappa shape index (κ2) is 9.93. The molecule has 1 aliphatic carbocycles. The highest BCUT2D eigenvalue weighted by molar-refractivity contribution is 7.90. The van der Waals surface area contributed by atoms with E-state index in [9.17, 15) is 13.2 Å². The topological polar surface area (TPSA) is 72.3 Å². The summed E-state index contributed by atoms with van der Waals surface area (Å²) in [6, 6.07) is 15.9. The van der Waals surface area contributed by atoms with Crippen molar-refractivity contribution in [2.24, 2.45) is 5.92 Å². The van der Waals surface area contributed by atoms with Crippen molar-refractivity contribution >= 4 is 27.3 Å². The van der Waals surface area contributed by atoms with Crippen molar-refractivity contribution in [3.63, 3.8) is 0 Å². The molecule has 6 nitrogen and oxygen atoms in total. The summed E-state index contributed by atoms with van der Waals surface area (Å²) in [6.45, 7) is 4.92. The number of carbonyl (C=O) groups is 1. The van der Waals surface area contributed by atoms with E-state index in [1.54, 1.807) is 58.1 Å². The molecule has 0 bridgehead atoms. The fourth-order valence-corrected chi connectivity index (χ4v) is 5.47. The Labute approximate surface area is 199 Å². The van der Waals surface area contributed by atoms with E-state index >= 15 is 0 Å². The van der Waals surface area contributed by atoms with Gasteiger partial charge in [-0.25, -0.2) is 13.4 Å². The molecule has 0 N–H and O–H groups in total. The van der Waals surface area contributed by atoms with Crippen molar-refractivity contribution in [3.05, 3.63) is 95.3 Å². The first-order valence-electron chi connectivity index (χ1n) is 10.8. The van der Waals surface area contributed by atoms with Crippen LogP contribution in [0.25, 0.3) is 0 Å². The van der Waals surface area contributed by atoms with Crippen LogP contribution in [0.3, 0.4) is 0 Å². The average Bonchev–Trinajstić information content (AvgIpc) is 3.52. The van der Waals surface area contributed by atoms with Crippen molar-refractivity contribution in [1.29, 1.82) is 0 Å². The Hall–Kier alpha value is -2.90. The molecular weight excluding hydrogens is 458 g/mol. The van der Waals surface area contributed by atoms with Crippen LogP contribution in [0, 0.1) is 5.92 Å². The summed E-state index contributed by atoms with van der Waals surface area (Å²) in [4.78, 5) is 19.3. The third kappa shape index (κ3) is 5.72. The lowest BCUT2D eigenvalue weighted by Gasteiger charge is -2.23. The van der Waals surface area contributed by atoms with Gasteiger partial charge in [0.15, 0.2) is 0 Å². The van der Waals surface area contributed by atoms with Gasteiger partial charge in [-0.15, -0.1) is 6.58 Å². The number of hydrogen-bond acceptors (Lipinski definition) is 4. The molecule has 8 heteroatoms. The van der Waals surface area contributed by atoms with E-state index in [0.29, 0.717) is 34.3 Å². The molecular formula is C25H26ClN3O3S. The normalized spacial score (nSPS) is 13.6. The maximum atomic E-state index is 13.3. The van der Waals surface area contributed by atoms with Crippen molar-refractivity contribution < 1.29 is 13.2 Å². The van der Waals surface area contributed by atoms with Crippen LogP contribution < -0.4 is 0 Å². The van der Waals surface area contributed by atoms with Crippen LogP contribution in [-0.2, 0) is 28.7 Å². The molecule has 0 spiro atoms. The lowest BCUT2D eigenvalue weighted by Crippen LogP contribution is -2.33. The largest absolute Gasteiger partial charge is 0.332 e. The molecule has 1 saturated carbocycles. The van der Waals surface area contributed by atoms with Crippen LogP contribution in [0.2, 0.25) is 5.02 Å². The molecule has 172 valence electrons. The predicted octanol–water partition coefficient (Wildman–Crippen LogP) is 4.75. The molecule has 1 aliphatic rings. The zero-order valence-corrected chi connectivity index (χ0v) is 19.8. The molecule has 3 aromatic rings. The maximum Gasteiger partial charge on any atom is 0.254 e. The van der Waals surface area contributed by atoms with Crippen LogP contribution in [0.4, 0.5) is 0 Å². The number of allylic oxidation sites excluding steroid dienone is 1. The first-order chi connectivity index (χ1) is 15.9. The number of amides is 1. The number of halogens is 1.